The number of aliphatic hydroxyl groups is 1. The molecule has 1 unspecified atom stereocenters. The first-order valence-corrected chi connectivity index (χ1v) is 6.61. The van der Waals surface area contributed by atoms with E-state index in [1.54, 1.807) is 0 Å². The third-order valence-corrected chi connectivity index (χ3v) is 3.08. The normalized spacial score (nSPS) is 14.2. The van der Waals surface area contributed by atoms with Crippen molar-refractivity contribution in [2.45, 2.75) is 37.4 Å². The molecule has 0 saturated carbocycles. The number of alkyl halides is 6. The minimum Gasteiger partial charge on any atom is -0.434 e. The number of aliphatic hydroxyl groups excluding tert-OH is 1. The number of rotatable bonds is 5. The zero-order valence-corrected chi connectivity index (χ0v) is 12.4. The molecule has 0 radical (unpaired) electrons. The maximum absolute atomic E-state index is 13.4. The van der Waals surface area contributed by atoms with Crippen LogP contribution >= 0.6 is 0 Å². The zero-order valence-electron chi connectivity index (χ0n) is 12.4. The van der Waals surface area contributed by atoms with E-state index in [-0.39, 0.29) is 5.56 Å². The number of hydrogen-bond donors (Lipinski definition) is 1. The molecule has 1 N–H and O–H groups in total. The summed E-state index contributed by atoms with van der Waals surface area (Å²) >= 11 is 0. The molecule has 134 valence electrons. The third kappa shape index (κ3) is 3.89. The van der Waals surface area contributed by atoms with Gasteiger partial charge in [-0.25, -0.2) is 0 Å². The smallest absolute Gasteiger partial charge is 0.434 e. The molecular formula is C15H14F6O3. The average molecular weight is 356 g/mol. The van der Waals surface area contributed by atoms with Gasteiger partial charge in [0.25, 0.3) is 0 Å². The predicted octanol–water partition coefficient (Wildman–Crippen LogP) is 3.96. The third-order valence-electron chi connectivity index (χ3n) is 3.08. The van der Waals surface area contributed by atoms with Gasteiger partial charge in [0.05, 0.1) is 12.5 Å². The molecule has 0 saturated heterocycles. The molecule has 3 nitrogen and oxygen atoms in total. The highest BCUT2D eigenvalue weighted by Gasteiger charge is 2.75. The maximum Gasteiger partial charge on any atom is 0.442 e. The molecule has 0 aliphatic heterocycles. The topological polar surface area (TPSA) is 46.5 Å². The van der Waals surface area contributed by atoms with Crippen LogP contribution in [0.25, 0.3) is 6.08 Å². The van der Waals surface area contributed by atoms with Gasteiger partial charge in [0.2, 0.25) is 0 Å². The lowest BCUT2D eigenvalue weighted by Crippen LogP contribution is -2.57. The molecule has 0 aliphatic rings. The lowest BCUT2D eigenvalue weighted by molar-refractivity contribution is -0.378. The van der Waals surface area contributed by atoms with Gasteiger partial charge in [0.1, 0.15) is 0 Å². The fraction of sp³-hybridized carbons (Fsp3) is 0.400. The van der Waals surface area contributed by atoms with E-state index in [4.69, 9.17) is 5.11 Å². The molecule has 0 aliphatic carbocycles. The van der Waals surface area contributed by atoms with E-state index in [0.717, 1.165) is 19.1 Å². The molecule has 0 bridgehead atoms. The summed E-state index contributed by atoms with van der Waals surface area (Å²) in [6, 6.07) is 3.09. The van der Waals surface area contributed by atoms with Crippen molar-refractivity contribution in [2.24, 2.45) is 0 Å². The molecule has 0 spiro atoms. The Bertz CT molecular complexity index is 573. The molecule has 0 fully saturated rings. The van der Waals surface area contributed by atoms with Crippen molar-refractivity contribution >= 4 is 12.0 Å². The molecule has 0 amide bonds. The van der Waals surface area contributed by atoms with E-state index in [2.05, 4.69) is 11.3 Å². The van der Waals surface area contributed by atoms with Gasteiger partial charge in [-0.2, -0.15) is 26.3 Å². The van der Waals surface area contributed by atoms with E-state index < -0.39 is 42.0 Å². The van der Waals surface area contributed by atoms with Crippen LogP contribution in [-0.2, 0) is 15.1 Å². The number of hydrogen-bond acceptors (Lipinski definition) is 3. The molecule has 9 heteroatoms. The second-order valence-corrected chi connectivity index (χ2v) is 5.03. The van der Waals surface area contributed by atoms with E-state index in [0.29, 0.717) is 12.1 Å². The van der Waals surface area contributed by atoms with E-state index in [9.17, 15) is 31.1 Å². The number of carbonyl (C=O) groups excluding carboxylic acids is 1. The molecule has 0 heterocycles. The molecular weight excluding hydrogens is 342 g/mol. The largest absolute Gasteiger partial charge is 0.442 e. The summed E-state index contributed by atoms with van der Waals surface area (Å²) in [5.74, 6) is -1.83. The minimum atomic E-state index is -5.96. The van der Waals surface area contributed by atoms with Gasteiger partial charge >= 0.3 is 23.9 Å². The highest BCUT2D eigenvalue weighted by atomic mass is 19.4. The number of halogens is 6. The van der Waals surface area contributed by atoms with E-state index in [1.165, 1.54) is 6.08 Å². The Hall–Kier alpha value is -2.03. The Morgan fingerprint density at radius 2 is 1.62 bits per heavy atom. The summed E-state index contributed by atoms with van der Waals surface area (Å²) in [5.41, 5.74) is -5.84. The SMILES string of the molecule is C=Cc1ccc(C(OC(=O)CC(C)O)(C(F)(F)F)C(F)(F)F)cc1. The monoisotopic (exact) mass is 356 g/mol. The molecule has 1 atom stereocenters. The minimum absolute atomic E-state index is 0.285. The van der Waals surface area contributed by atoms with Crippen molar-refractivity contribution in [3.8, 4) is 0 Å². The molecule has 1 aromatic rings. The van der Waals surface area contributed by atoms with Crippen LogP contribution in [0.2, 0.25) is 0 Å². The van der Waals surface area contributed by atoms with Crippen molar-refractivity contribution < 1.29 is 41.0 Å². The molecule has 1 aromatic carbocycles. The van der Waals surface area contributed by atoms with Crippen LogP contribution in [0.5, 0.6) is 0 Å². The van der Waals surface area contributed by atoms with Crippen molar-refractivity contribution in [1.29, 1.82) is 0 Å². The van der Waals surface area contributed by atoms with Gasteiger partial charge in [0.15, 0.2) is 0 Å². The summed E-state index contributed by atoms with van der Waals surface area (Å²) in [4.78, 5) is 11.5. The first-order chi connectivity index (χ1) is 10.8. The maximum atomic E-state index is 13.4. The first-order valence-electron chi connectivity index (χ1n) is 6.61. The quantitative estimate of drug-likeness (QED) is 0.642. The predicted molar refractivity (Wildman–Crippen MR) is 72.7 cm³/mol. The summed E-state index contributed by atoms with van der Waals surface area (Å²) < 4.78 is 84.0. The highest BCUT2D eigenvalue weighted by Crippen LogP contribution is 2.53. The number of carbonyl (C=O) groups is 1. The standard InChI is InChI=1S/C15H14F6O3/c1-3-10-4-6-11(7-5-10)13(14(16,17)18,15(19,20)21)24-12(23)8-9(2)22/h3-7,9,22H,1,8H2,2H3. The van der Waals surface area contributed by atoms with Crippen molar-refractivity contribution in [2.75, 3.05) is 0 Å². The lowest BCUT2D eigenvalue weighted by Gasteiger charge is -2.37. The summed E-state index contributed by atoms with van der Waals surface area (Å²) in [7, 11) is 0. The fourth-order valence-corrected chi connectivity index (χ4v) is 1.97. The van der Waals surface area contributed by atoms with Crippen molar-refractivity contribution in [3.05, 3.63) is 42.0 Å². The number of ether oxygens (including phenoxy) is 1. The summed E-state index contributed by atoms with van der Waals surface area (Å²) in [5, 5.41) is 8.99. The Labute approximate surface area is 133 Å². The Kier molecular flexibility index (Phi) is 5.70. The van der Waals surface area contributed by atoms with Gasteiger partial charge in [0, 0.05) is 5.56 Å². The fourth-order valence-electron chi connectivity index (χ4n) is 1.97. The Morgan fingerprint density at radius 1 is 1.17 bits per heavy atom. The van der Waals surface area contributed by atoms with Crippen molar-refractivity contribution in [3.63, 3.8) is 0 Å². The highest BCUT2D eigenvalue weighted by molar-refractivity contribution is 5.71. The van der Waals surface area contributed by atoms with E-state index >= 15 is 0 Å². The lowest BCUT2D eigenvalue weighted by atomic mass is 9.91. The number of esters is 1. The second-order valence-electron chi connectivity index (χ2n) is 5.03. The van der Waals surface area contributed by atoms with Gasteiger partial charge < -0.3 is 9.84 Å². The zero-order chi connectivity index (χ0) is 18.8. The van der Waals surface area contributed by atoms with E-state index in [1.807, 2.05) is 0 Å². The van der Waals surface area contributed by atoms with Crippen LogP contribution in [0.3, 0.4) is 0 Å². The molecule has 0 aromatic heterocycles. The number of benzene rings is 1. The van der Waals surface area contributed by atoms with Crippen LogP contribution in [0, 0.1) is 0 Å². The Morgan fingerprint density at radius 3 is 1.96 bits per heavy atom. The van der Waals surface area contributed by atoms with Gasteiger partial charge in [-0.05, 0) is 12.5 Å². The van der Waals surface area contributed by atoms with Crippen molar-refractivity contribution in [1.82, 2.24) is 0 Å². The molecule has 1 rings (SSSR count). The van der Waals surface area contributed by atoms with Gasteiger partial charge in [-0.15, -0.1) is 0 Å². The van der Waals surface area contributed by atoms with Gasteiger partial charge in [-0.1, -0.05) is 36.9 Å². The summed E-state index contributed by atoms with van der Waals surface area (Å²) in [6.45, 7) is 4.37. The van der Waals surface area contributed by atoms with Crippen LogP contribution < -0.4 is 0 Å². The van der Waals surface area contributed by atoms with Crippen LogP contribution in [0.15, 0.2) is 30.8 Å². The first kappa shape index (κ1) is 20.0. The average Bonchev–Trinajstić information content (AvgIpc) is 2.41. The van der Waals surface area contributed by atoms with Crippen LogP contribution in [0.4, 0.5) is 26.3 Å². The van der Waals surface area contributed by atoms with Crippen LogP contribution in [0.1, 0.15) is 24.5 Å². The van der Waals surface area contributed by atoms with Gasteiger partial charge in [-0.3, -0.25) is 4.79 Å². The van der Waals surface area contributed by atoms with Crippen LogP contribution in [-0.4, -0.2) is 29.5 Å². The second kappa shape index (κ2) is 6.84. The molecule has 24 heavy (non-hydrogen) atoms. The Balaban J connectivity index is 3.52. The summed E-state index contributed by atoms with van der Waals surface area (Å²) in [6.07, 6.45) is -13.2.